The summed E-state index contributed by atoms with van der Waals surface area (Å²) in [5.74, 6) is -0.833. The Morgan fingerprint density at radius 2 is 2.31 bits per heavy atom. The van der Waals surface area contributed by atoms with Gasteiger partial charge >= 0.3 is 0 Å². The number of aromatic nitrogens is 1. The predicted molar refractivity (Wildman–Crippen MR) is 55.7 cm³/mol. The van der Waals surface area contributed by atoms with E-state index in [1.165, 1.54) is 18.2 Å². The van der Waals surface area contributed by atoms with Gasteiger partial charge in [-0.15, -0.1) is 11.6 Å². The van der Waals surface area contributed by atoms with Gasteiger partial charge in [-0.3, -0.25) is 14.9 Å². The molecule has 0 saturated heterocycles. The van der Waals surface area contributed by atoms with Crippen LogP contribution in [0.15, 0.2) is 22.6 Å². The number of nitro groups is 1. The molecule has 0 aliphatic rings. The highest BCUT2D eigenvalue weighted by molar-refractivity contribution is 6.29. The Balaban J connectivity index is 2.54. The Hall–Kier alpha value is -1.95. The number of alkyl halides is 1. The van der Waals surface area contributed by atoms with E-state index in [1.54, 1.807) is 0 Å². The van der Waals surface area contributed by atoms with Crippen LogP contribution in [0.3, 0.4) is 0 Å². The molecule has 2 rings (SSSR count). The highest BCUT2D eigenvalue weighted by atomic mass is 35.5. The van der Waals surface area contributed by atoms with Gasteiger partial charge in [0.15, 0.2) is 5.58 Å². The van der Waals surface area contributed by atoms with E-state index in [9.17, 15) is 14.9 Å². The van der Waals surface area contributed by atoms with Crippen LogP contribution in [0.4, 0.5) is 5.69 Å². The minimum Gasteiger partial charge on any atom is -0.433 e. The van der Waals surface area contributed by atoms with Crippen LogP contribution in [-0.2, 0) is 0 Å². The normalized spacial score (nSPS) is 10.6. The fourth-order valence-corrected chi connectivity index (χ4v) is 1.32. The first-order chi connectivity index (χ1) is 7.61. The maximum Gasteiger partial charge on any atom is 0.273 e. The quantitative estimate of drug-likeness (QED) is 0.355. The summed E-state index contributed by atoms with van der Waals surface area (Å²) in [5.41, 5.74) is 0.468. The first-order valence-electron chi connectivity index (χ1n) is 4.26. The minimum atomic E-state index is -0.551. The Bertz CT molecular complexity index is 578. The van der Waals surface area contributed by atoms with Crippen molar-refractivity contribution < 1.29 is 14.1 Å². The van der Waals surface area contributed by atoms with Crippen LogP contribution >= 0.6 is 11.6 Å². The van der Waals surface area contributed by atoms with E-state index in [-0.39, 0.29) is 23.0 Å². The summed E-state index contributed by atoms with van der Waals surface area (Å²) in [5, 5.41) is 10.5. The van der Waals surface area contributed by atoms with Crippen LogP contribution < -0.4 is 0 Å². The average molecular weight is 241 g/mol. The number of Topliss-reactive ketones (excluding diaryl/α,β-unsaturated/α-hetero) is 1. The number of carbonyl (C=O) groups is 1. The van der Waals surface area contributed by atoms with Crippen molar-refractivity contribution in [3.63, 3.8) is 0 Å². The molecular weight excluding hydrogens is 236 g/mol. The molecule has 1 aromatic carbocycles. The Morgan fingerprint density at radius 1 is 1.56 bits per heavy atom. The number of nitro benzene ring substituents is 1. The number of fused-ring (bicyclic) bond motifs is 1. The van der Waals surface area contributed by atoms with Gasteiger partial charge in [0.1, 0.15) is 5.52 Å². The fraction of sp³-hybridized carbons (Fsp3) is 0.111. The average Bonchev–Trinajstić information content (AvgIpc) is 2.70. The van der Waals surface area contributed by atoms with Crippen molar-refractivity contribution in [1.82, 2.24) is 4.98 Å². The molecule has 0 spiro atoms. The van der Waals surface area contributed by atoms with Crippen LogP contribution in [0.25, 0.3) is 11.1 Å². The molecule has 0 radical (unpaired) electrons. The zero-order valence-corrected chi connectivity index (χ0v) is 8.60. The second kappa shape index (κ2) is 3.90. The smallest absolute Gasteiger partial charge is 0.273 e. The SMILES string of the molecule is O=C(CCl)c1nc2ccc([N+](=O)[O-])cc2o1. The van der Waals surface area contributed by atoms with Crippen LogP contribution in [-0.4, -0.2) is 21.6 Å². The first kappa shape index (κ1) is 10.6. The maximum atomic E-state index is 11.2. The van der Waals surface area contributed by atoms with Gasteiger partial charge in [0.25, 0.3) is 11.6 Å². The molecule has 0 fully saturated rings. The third-order valence-corrected chi connectivity index (χ3v) is 2.19. The molecule has 7 heteroatoms. The molecule has 6 nitrogen and oxygen atoms in total. The molecule has 16 heavy (non-hydrogen) atoms. The van der Waals surface area contributed by atoms with Crippen molar-refractivity contribution >= 4 is 34.2 Å². The highest BCUT2D eigenvalue weighted by Gasteiger charge is 2.15. The molecule has 82 valence electrons. The van der Waals surface area contributed by atoms with Gasteiger partial charge < -0.3 is 4.42 Å². The monoisotopic (exact) mass is 240 g/mol. The third-order valence-electron chi connectivity index (χ3n) is 1.94. The van der Waals surface area contributed by atoms with Gasteiger partial charge in [0.2, 0.25) is 5.78 Å². The summed E-state index contributed by atoms with van der Waals surface area (Å²) in [7, 11) is 0. The number of hydrogen-bond acceptors (Lipinski definition) is 5. The molecule has 0 aliphatic heterocycles. The maximum absolute atomic E-state index is 11.2. The van der Waals surface area contributed by atoms with Crippen LogP contribution in [0.5, 0.6) is 0 Å². The summed E-state index contributed by atoms with van der Waals surface area (Å²) in [4.78, 5) is 25.0. The highest BCUT2D eigenvalue weighted by Crippen LogP contribution is 2.21. The lowest BCUT2D eigenvalue weighted by molar-refractivity contribution is -0.384. The van der Waals surface area contributed by atoms with Gasteiger partial charge in [-0.2, -0.15) is 0 Å². The minimum absolute atomic E-state index is 0.117. The molecule has 0 amide bonds. The zero-order chi connectivity index (χ0) is 11.7. The Morgan fingerprint density at radius 3 is 2.94 bits per heavy atom. The third kappa shape index (κ3) is 1.74. The second-order valence-corrected chi connectivity index (χ2v) is 3.25. The largest absolute Gasteiger partial charge is 0.433 e. The van der Waals surface area contributed by atoms with Crippen molar-refractivity contribution in [2.75, 3.05) is 5.88 Å². The molecule has 1 heterocycles. The lowest BCUT2D eigenvalue weighted by Crippen LogP contribution is -1.99. The summed E-state index contributed by atoms with van der Waals surface area (Å²) >= 11 is 5.34. The van der Waals surface area contributed by atoms with Crippen LogP contribution in [0.1, 0.15) is 10.7 Å². The predicted octanol–water partition coefficient (Wildman–Crippen LogP) is 2.16. The number of hydrogen-bond donors (Lipinski definition) is 0. The summed E-state index contributed by atoms with van der Waals surface area (Å²) < 4.78 is 5.06. The number of benzene rings is 1. The van der Waals surface area contributed by atoms with Crippen LogP contribution in [0.2, 0.25) is 0 Å². The standard InChI is InChI=1S/C9H5ClN2O4/c10-4-7(13)9-11-6-2-1-5(12(14)15)3-8(6)16-9/h1-3H,4H2. The lowest BCUT2D eigenvalue weighted by Gasteiger charge is -1.88. The van der Waals surface area contributed by atoms with Crippen molar-refractivity contribution in [3.8, 4) is 0 Å². The van der Waals surface area contributed by atoms with Crippen molar-refractivity contribution in [2.24, 2.45) is 0 Å². The number of rotatable bonds is 3. The van der Waals surface area contributed by atoms with E-state index in [1.807, 2.05) is 0 Å². The van der Waals surface area contributed by atoms with E-state index in [0.717, 1.165) is 0 Å². The molecule has 0 unspecified atom stereocenters. The van der Waals surface area contributed by atoms with E-state index in [0.29, 0.717) is 5.52 Å². The summed E-state index contributed by atoms with van der Waals surface area (Å²) in [6, 6.07) is 3.93. The molecule has 0 saturated carbocycles. The van der Waals surface area contributed by atoms with Gasteiger partial charge in [-0.1, -0.05) is 0 Å². The number of non-ortho nitro benzene ring substituents is 1. The van der Waals surface area contributed by atoms with Gasteiger partial charge in [0.05, 0.1) is 16.9 Å². The zero-order valence-electron chi connectivity index (χ0n) is 7.84. The van der Waals surface area contributed by atoms with Crippen molar-refractivity contribution in [1.29, 1.82) is 0 Å². The van der Waals surface area contributed by atoms with Crippen molar-refractivity contribution in [3.05, 3.63) is 34.2 Å². The molecule has 0 atom stereocenters. The van der Waals surface area contributed by atoms with E-state index in [2.05, 4.69) is 4.98 Å². The molecule has 1 aromatic heterocycles. The first-order valence-corrected chi connectivity index (χ1v) is 4.79. The van der Waals surface area contributed by atoms with Crippen molar-refractivity contribution in [2.45, 2.75) is 0 Å². The molecule has 0 N–H and O–H groups in total. The van der Waals surface area contributed by atoms with E-state index >= 15 is 0 Å². The molecule has 0 aliphatic carbocycles. The molecule has 2 aromatic rings. The van der Waals surface area contributed by atoms with Gasteiger partial charge in [0, 0.05) is 6.07 Å². The van der Waals surface area contributed by atoms with Crippen LogP contribution in [0, 0.1) is 10.1 Å². The van der Waals surface area contributed by atoms with Gasteiger partial charge in [-0.25, -0.2) is 4.98 Å². The van der Waals surface area contributed by atoms with E-state index in [4.69, 9.17) is 16.0 Å². The van der Waals surface area contributed by atoms with E-state index < -0.39 is 10.7 Å². The second-order valence-electron chi connectivity index (χ2n) is 2.98. The number of nitrogens with zero attached hydrogens (tertiary/aromatic N) is 2. The number of ketones is 1. The van der Waals surface area contributed by atoms with Gasteiger partial charge in [-0.05, 0) is 6.07 Å². The molecular formula is C9H5ClN2O4. The Labute approximate surface area is 94.0 Å². The molecule has 0 bridgehead atoms. The fourth-order valence-electron chi connectivity index (χ4n) is 1.20. The number of oxazole rings is 1. The Kier molecular flexibility index (Phi) is 2.57. The number of carbonyl (C=O) groups excluding carboxylic acids is 1. The number of halogens is 1. The summed E-state index contributed by atoms with van der Waals surface area (Å²) in [6.07, 6.45) is 0. The lowest BCUT2D eigenvalue weighted by atomic mass is 10.3. The summed E-state index contributed by atoms with van der Waals surface area (Å²) in [6.45, 7) is 0. The topological polar surface area (TPSA) is 86.2 Å².